The van der Waals surface area contributed by atoms with E-state index in [1.165, 1.54) is 4.40 Å². The van der Waals surface area contributed by atoms with Crippen LogP contribution in [0, 0.1) is 0 Å². The summed E-state index contributed by atoms with van der Waals surface area (Å²) in [6.45, 7) is 3.75. The summed E-state index contributed by atoms with van der Waals surface area (Å²) in [6, 6.07) is 1.81. The number of hydrogen-bond donors (Lipinski definition) is 1. The molecule has 1 N–H and O–H groups in total. The molecule has 4 rings (SSSR count). The fourth-order valence-electron chi connectivity index (χ4n) is 3.54. The minimum absolute atomic E-state index is 0.121. The van der Waals surface area contributed by atoms with E-state index in [-0.39, 0.29) is 23.8 Å². The SMILES string of the molecule is CN1CCN(c2cc(N3CCOCC3)cn3c(=O)c(O)c(C=O)nc23)C(=O)C1. The van der Waals surface area contributed by atoms with Crippen molar-refractivity contribution in [3.8, 4) is 5.75 Å². The maximum Gasteiger partial charge on any atom is 0.300 e. The lowest BCUT2D eigenvalue weighted by atomic mass is 10.2. The van der Waals surface area contributed by atoms with Gasteiger partial charge in [-0.05, 0) is 13.1 Å². The second kappa shape index (κ2) is 7.21. The van der Waals surface area contributed by atoms with Crippen LogP contribution >= 0.6 is 0 Å². The molecule has 0 aromatic carbocycles. The Morgan fingerprint density at radius 1 is 1.18 bits per heavy atom. The van der Waals surface area contributed by atoms with Gasteiger partial charge in [-0.1, -0.05) is 0 Å². The number of fused-ring (bicyclic) bond motifs is 1. The minimum Gasteiger partial charge on any atom is -0.501 e. The highest BCUT2D eigenvalue weighted by atomic mass is 16.5. The second-order valence-electron chi connectivity index (χ2n) is 6.93. The van der Waals surface area contributed by atoms with Crippen LogP contribution in [0.25, 0.3) is 5.65 Å². The number of aromatic nitrogens is 2. The zero-order valence-electron chi connectivity index (χ0n) is 15.5. The van der Waals surface area contributed by atoms with Crippen LogP contribution in [0.15, 0.2) is 17.1 Å². The molecule has 0 bridgehead atoms. The predicted octanol–water partition coefficient (Wildman–Crippen LogP) is -0.672. The van der Waals surface area contributed by atoms with Crippen molar-refractivity contribution in [3.63, 3.8) is 0 Å². The van der Waals surface area contributed by atoms with Crippen molar-refractivity contribution in [2.45, 2.75) is 0 Å². The number of pyridine rings is 1. The van der Waals surface area contributed by atoms with Crippen LogP contribution in [0.5, 0.6) is 5.75 Å². The van der Waals surface area contributed by atoms with Crippen LogP contribution in [0.4, 0.5) is 11.4 Å². The summed E-state index contributed by atoms with van der Waals surface area (Å²) in [5.41, 5.74) is 0.249. The molecule has 10 heteroatoms. The van der Waals surface area contributed by atoms with E-state index in [0.29, 0.717) is 51.4 Å². The molecule has 148 valence electrons. The molecule has 1 amide bonds. The number of carbonyl (C=O) groups excluding carboxylic acids is 2. The number of piperazine rings is 1. The van der Waals surface area contributed by atoms with E-state index in [4.69, 9.17) is 4.74 Å². The topological polar surface area (TPSA) is 108 Å². The number of nitrogens with zero attached hydrogens (tertiary/aromatic N) is 5. The lowest BCUT2D eigenvalue weighted by Gasteiger charge is -2.34. The Kier molecular flexibility index (Phi) is 4.73. The Morgan fingerprint density at radius 3 is 2.61 bits per heavy atom. The highest BCUT2D eigenvalue weighted by molar-refractivity contribution is 5.99. The van der Waals surface area contributed by atoms with Crippen LogP contribution in [0.1, 0.15) is 10.5 Å². The van der Waals surface area contributed by atoms with Gasteiger partial charge in [0.1, 0.15) is 0 Å². The van der Waals surface area contributed by atoms with Crippen LogP contribution in [0.2, 0.25) is 0 Å². The van der Waals surface area contributed by atoms with Crippen molar-refractivity contribution in [3.05, 3.63) is 28.3 Å². The molecular weight excluding hydrogens is 366 g/mol. The van der Waals surface area contributed by atoms with Crippen molar-refractivity contribution in [2.24, 2.45) is 0 Å². The average Bonchev–Trinajstić information content (AvgIpc) is 2.71. The van der Waals surface area contributed by atoms with Gasteiger partial charge in [0.05, 0.1) is 31.1 Å². The summed E-state index contributed by atoms with van der Waals surface area (Å²) in [5, 5.41) is 10.0. The maximum atomic E-state index is 12.7. The molecule has 4 heterocycles. The fraction of sp³-hybridized carbons (Fsp3) is 0.444. The first-order valence-electron chi connectivity index (χ1n) is 9.05. The van der Waals surface area contributed by atoms with Crippen LogP contribution in [-0.2, 0) is 9.53 Å². The summed E-state index contributed by atoms with van der Waals surface area (Å²) >= 11 is 0. The van der Waals surface area contributed by atoms with E-state index < -0.39 is 11.3 Å². The molecule has 0 saturated carbocycles. The normalized spacial score (nSPS) is 18.7. The number of aldehydes is 1. The quantitative estimate of drug-likeness (QED) is 0.691. The number of ether oxygens (including phenoxy) is 1. The molecule has 2 saturated heterocycles. The van der Waals surface area contributed by atoms with Crippen LogP contribution in [0.3, 0.4) is 0 Å². The molecule has 2 aliphatic heterocycles. The average molecular weight is 387 g/mol. The van der Waals surface area contributed by atoms with Gasteiger partial charge in [-0.3, -0.25) is 23.7 Å². The fourth-order valence-corrected chi connectivity index (χ4v) is 3.54. The summed E-state index contributed by atoms with van der Waals surface area (Å²) in [7, 11) is 1.86. The highest BCUT2D eigenvalue weighted by Gasteiger charge is 2.27. The molecule has 0 radical (unpaired) electrons. The number of hydrogen-bond acceptors (Lipinski definition) is 8. The summed E-state index contributed by atoms with van der Waals surface area (Å²) in [4.78, 5) is 46.3. The Balaban J connectivity index is 1.94. The molecule has 2 aromatic heterocycles. The zero-order chi connectivity index (χ0) is 19.8. The maximum absolute atomic E-state index is 12.7. The van der Waals surface area contributed by atoms with E-state index >= 15 is 0 Å². The number of carbonyl (C=O) groups is 2. The van der Waals surface area contributed by atoms with Gasteiger partial charge in [-0.15, -0.1) is 0 Å². The Hall–Kier alpha value is -2.98. The summed E-state index contributed by atoms with van der Waals surface area (Å²) in [6.07, 6.45) is 1.91. The molecule has 2 fully saturated rings. The van der Waals surface area contributed by atoms with Gasteiger partial charge in [-0.25, -0.2) is 4.98 Å². The van der Waals surface area contributed by atoms with Crippen molar-refractivity contribution in [2.75, 3.05) is 62.8 Å². The molecule has 0 aliphatic carbocycles. The van der Waals surface area contributed by atoms with Crippen molar-refractivity contribution in [1.29, 1.82) is 0 Å². The Bertz CT molecular complexity index is 998. The molecule has 10 nitrogen and oxygen atoms in total. The molecule has 0 atom stereocenters. The largest absolute Gasteiger partial charge is 0.501 e. The van der Waals surface area contributed by atoms with E-state index in [9.17, 15) is 19.5 Å². The molecule has 28 heavy (non-hydrogen) atoms. The van der Waals surface area contributed by atoms with Gasteiger partial charge in [-0.2, -0.15) is 0 Å². The molecule has 2 aromatic rings. The van der Waals surface area contributed by atoms with Gasteiger partial charge < -0.3 is 19.6 Å². The number of anilines is 2. The molecule has 0 spiro atoms. The van der Waals surface area contributed by atoms with Crippen molar-refractivity contribution >= 4 is 29.2 Å². The van der Waals surface area contributed by atoms with E-state index in [0.717, 1.165) is 5.69 Å². The van der Waals surface area contributed by atoms with Crippen molar-refractivity contribution in [1.82, 2.24) is 14.3 Å². The Morgan fingerprint density at radius 2 is 1.93 bits per heavy atom. The standard InChI is InChI=1S/C18H21N5O5/c1-20-2-3-22(15(25)10-20)14-8-12(21-4-6-28-7-5-21)9-23-17(14)19-13(11-24)16(26)18(23)27/h8-9,11,26H,2-7,10H2,1H3. The monoisotopic (exact) mass is 387 g/mol. The number of morpholine rings is 1. The smallest absolute Gasteiger partial charge is 0.300 e. The van der Waals surface area contributed by atoms with E-state index in [2.05, 4.69) is 4.98 Å². The number of amides is 1. The van der Waals surface area contributed by atoms with Gasteiger partial charge >= 0.3 is 5.56 Å². The number of rotatable bonds is 3. The first-order chi connectivity index (χ1) is 13.5. The van der Waals surface area contributed by atoms with Gasteiger partial charge in [0.25, 0.3) is 0 Å². The Labute approximate surface area is 160 Å². The first kappa shape index (κ1) is 18.4. The lowest BCUT2D eigenvalue weighted by Crippen LogP contribution is -2.49. The predicted molar refractivity (Wildman–Crippen MR) is 101 cm³/mol. The third-order valence-corrected chi connectivity index (χ3v) is 5.08. The van der Waals surface area contributed by atoms with Crippen molar-refractivity contribution < 1.29 is 19.4 Å². The second-order valence-corrected chi connectivity index (χ2v) is 6.93. The molecule has 2 aliphatic rings. The minimum atomic E-state index is -0.745. The lowest BCUT2D eigenvalue weighted by molar-refractivity contribution is -0.120. The van der Waals surface area contributed by atoms with E-state index in [1.807, 2.05) is 22.9 Å². The van der Waals surface area contributed by atoms with Gasteiger partial charge in [0.2, 0.25) is 11.7 Å². The van der Waals surface area contributed by atoms with E-state index in [1.54, 1.807) is 11.1 Å². The zero-order valence-corrected chi connectivity index (χ0v) is 15.5. The van der Waals surface area contributed by atoms with Crippen LogP contribution in [-0.4, -0.2) is 84.6 Å². The highest BCUT2D eigenvalue weighted by Crippen LogP contribution is 2.29. The van der Waals surface area contributed by atoms with Gasteiger partial charge in [0, 0.05) is 32.4 Å². The van der Waals surface area contributed by atoms with Crippen LogP contribution < -0.4 is 15.4 Å². The summed E-state index contributed by atoms with van der Waals surface area (Å²) in [5.74, 6) is -0.827. The third kappa shape index (κ3) is 3.10. The number of likely N-dealkylation sites (N-methyl/N-ethyl adjacent to an activating group) is 1. The molecular formula is C18H21N5O5. The third-order valence-electron chi connectivity index (χ3n) is 5.08. The summed E-state index contributed by atoms with van der Waals surface area (Å²) < 4.78 is 6.59. The molecule has 0 unspecified atom stereocenters. The van der Waals surface area contributed by atoms with Gasteiger partial charge in [0.15, 0.2) is 17.6 Å². The first-order valence-corrected chi connectivity index (χ1v) is 9.05. The number of aromatic hydroxyl groups is 1.